The first-order valence-electron chi connectivity index (χ1n) is 6.85. The minimum atomic E-state index is -0.610. The zero-order valence-electron chi connectivity index (χ0n) is 12.7. The van der Waals surface area contributed by atoms with E-state index in [1.54, 1.807) is 26.8 Å². The molecule has 0 atom stereocenters. The molecule has 1 aromatic heterocycles. The minimum Gasteiger partial charge on any atom is -0.325 e. The van der Waals surface area contributed by atoms with Gasteiger partial charge >= 0.3 is 0 Å². The molecule has 0 saturated carbocycles. The molecule has 0 bridgehead atoms. The summed E-state index contributed by atoms with van der Waals surface area (Å²) in [6.45, 7) is 5.30. The molecule has 22 heavy (non-hydrogen) atoms. The SMILES string of the molecule is CC(C)(C)C(=O)Nc1ccncc1C(=O)c1ccccc1F. The van der Waals surface area contributed by atoms with Crippen molar-refractivity contribution < 1.29 is 14.0 Å². The minimum absolute atomic E-state index is 0.0539. The first kappa shape index (κ1) is 15.8. The van der Waals surface area contributed by atoms with E-state index in [2.05, 4.69) is 10.3 Å². The topological polar surface area (TPSA) is 59.1 Å². The van der Waals surface area contributed by atoms with Crippen LogP contribution in [0.3, 0.4) is 0 Å². The lowest BCUT2D eigenvalue weighted by molar-refractivity contribution is -0.123. The van der Waals surface area contributed by atoms with Crippen molar-refractivity contribution in [3.05, 3.63) is 59.7 Å². The molecule has 1 N–H and O–H groups in total. The normalized spacial score (nSPS) is 11.1. The van der Waals surface area contributed by atoms with E-state index in [9.17, 15) is 14.0 Å². The molecule has 0 aliphatic heterocycles. The number of hydrogen-bond acceptors (Lipinski definition) is 3. The number of nitrogens with zero attached hydrogens (tertiary/aromatic N) is 1. The average Bonchev–Trinajstić information content (AvgIpc) is 2.46. The highest BCUT2D eigenvalue weighted by Gasteiger charge is 2.24. The fourth-order valence-electron chi connectivity index (χ4n) is 1.78. The second kappa shape index (κ2) is 6.05. The van der Waals surface area contributed by atoms with Crippen LogP contribution in [0.1, 0.15) is 36.7 Å². The molecule has 2 rings (SSSR count). The molecule has 0 radical (unpaired) electrons. The molecule has 0 aliphatic carbocycles. The summed E-state index contributed by atoms with van der Waals surface area (Å²) < 4.78 is 13.8. The standard InChI is InChI=1S/C17H17FN2O2/c1-17(2,3)16(22)20-14-8-9-19-10-12(14)15(21)11-6-4-5-7-13(11)18/h4-10H,1-3H3,(H,19,20,22). The summed E-state index contributed by atoms with van der Waals surface area (Å²) in [6.07, 6.45) is 2.80. The van der Waals surface area contributed by atoms with Crippen LogP contribution in [0.5, 0.6) is 0 Å². The quantitative estimate of drug-likeness (QED) is 0.883. The van der Waals surface area contributed by atoms with Gasteiger partial charge in [-0.25, -0.2) is 4.39 Å². The predicted molar refractivity (Wildman–Crippen MR) is 82.2 cm³/mol. The predicted octanol–water partition coefficient (Wildman–Crippen LogP) is 3.44. The Morgan fingerprint density at radius 2 is 1.77 bits per heavy atom. The summed E-state index contributed by atoms with van der Waals surface area (Å²) >= 11 is 0. The monoisotopic (exact) mass is 300 g/mol. The summed E-state index contributed by atoms with van der Waals surface area (Å²) in [4.78, 5) is 28.5. The van der Waals surface area contributed by atoms with Crippen molar-refractivity contribution in [2.45, 2.75) is 20.8 Å². The highest BCUT2D eigenvalue weighted by molar-refractivity contribution is 6.14. The smallest absolute Gasteiger partial charge is 0.229 e. The van der Waals surface area contributed by atoms with Crippen molar-refractivity contribution in [2.75, 3.05) is 5.32 Å². The number of rotatable bonds is 3. The molecule has 1 aromatic carbocycles. The van der Waals surface area contributed by atoms with E-state index in [1.807, 2.05) is 0 Å². The van der Waals surface area contributed by atoms with E-state index < -0.39 is 17.0 Å². The molecule has 4 nitrogen and oxygen atoms in total. The number of carbonyl (C=O) groups is 2. The zero-order valence-corrected chi connectivity index (χ0v) is 12.7. The molecule has 2 aromatic rings. The number of carbonyl (C=O) groups excluding carboxylic acids is 2. The van der Waals surface area contributed by atoms with Crippen LogP contribution in [0.2, 0.25) is 0 Å². The van der Waals surface area contributed by atoms with Gasteiger partial charge in [0.1, 0.15) is 5.82 Å². The van der Waals surface area contributed by atoms with Crippen molar-refractivity contribution >= 4 is 17.4 Å². The van der Waals surface area contributed by atoms with E-state index in [0.29, 0.717) is 5.69 Å². The van der Waals surface area contributed by atoms with Gasteiger partial charge in [0.2, 0.25) is 5.91 Å². The van der Waals surface area contributed by atoms with Gasteiger partial charge in [0, 0.05) is 17.8 Å². The van der Waals surface area contributed by atoms with E-state index in [1.165, 1.54) is 36.7 Å². The van der Waals surface area contributed by atoms with Crippen LogP contribution in [-0.4, -0.2) is 16.7 Å². The number of benzene rings is 1. The second-order valence-corrected chi connectivity index (χ2v) is 5.93. The fraction of sp³-hybridized carbons (Fsp3) is 0.235. The third-order valence-electron chi connectivity index (χ3n) is 3.11. The van der Waals surface area contributed by atoms with Gasteiger partial charge in [-0.3, -0.25) is 14.6 Å². The van der Waals surface area contributed by atoms with Gasteiger partial charge in [-0.1, -0.05) is 32.9 Å². The van der Waals surface area contributed by atoms with Crippen LogP contribution in [0.4, 0.5) is 10.1 Å². The fourth-order valence-corrected chi connectivity index (χ4v) is 1.78. The molecule has 0 unspecified atom stereocenters. The van der Waals surface area contributed by atoms with Crippen molar-refractivity contribution in [3.63, 3.8) is 0 Å². The van der Waals surface area contributed by atoms with Crippen molar-refractivity contribution in [1.29, 1.82) is 0 Å². The van der Waals surface area contributed by atoms with Crippen LogP contribution in [0, 0.1) is 11.2 Å². The summed E-state index contributed by atoms with van der Waals surface area (Å²) in [5.74, 6) is -1.36. The summed E-state index contributed by atoms with van der Waals surface area (Å²) in [6, 6.07) is 7.24. The van der Waals surface area contributed by atoms with Gasteiger partial charge in [-0.2, -0.15) is 0 Å². The molecule has 5 heteroatoms. The van der Waals surface area contributed by atoms with Gasteiger partial charge in [-0.15, -0.1) is 0 Å². The number of hydrogen-bond donors (Lipinski definition) is 1. The van der Waals surface area contributed by atoms with E-state index >= 15 is 0 Å². The number of aromatic nitrogens is 1. The van der Waals surface area contributed by atoms with Crippen molar-refractivity contribution in [1.82, 2.24) is 4.98 Å². The van der Waals surface area contributed by atoms with Crippen LogP contribution in [-0.2, 0) is 4.79 Å². The van der Waals surface area contributed by atoms with Gasteiger partial charge in [0.05, 0.1) is 16.8 Å². The summed E-state index contributed by atoms with van der Waals surface area (Å²) in [7, 11) is 0. The summed E-state index contributed by atoms with van der Waals surface area (Å²) in [5, 5.41) is 2.70. The first-order valence-corrected chi connectivity index (χ1v) is 6.85. The molecule has 0 aliphatic rings. The lowest BCUT2D eigenvalue weighted by Crippen LogP contribution is -2.28. The van der Waals surface area contributed by atoms with E-state index in [-0.39, 0.29) is 17.0 Å². The third-order valence-corrected chi connectivity index (χ3v) is 3.11. The number of ketones is 1. The number of halogens is 1. The Labute approximate surface area is 128 Å². The molecule has 0 fully saturated rings. The molecule has 1 amide bonds. The lowest BCUT2D eigenvalue weighted by atomic mass is 9.95. The molecule has 1 heterocycles. The maximum absolute atomic E-state index is 13.8. The molecule has 0 saturated heterocycles. The Hall–Kier alpha value is -2.56. The lowest BCUT2D eigenvalue weighted by Gasteiger charge is -2.19. The van der Waals surface area contributed by atoms with Gasteiger partial charge in [-0.05, 0) is 18.2 Å². The zero-order chi connectivity index (χ0) is 16.3. The Morgan fingerprint density at radius 1 is 1.09 bits per heavy atom. The largest absolute Gasteiger partial charge is 0.325 e. The van der Waals surface area contributed by atoms with Gasteiger partial charge in [0.25, 0.3) is 0 Å². The van der Waals surface area contributed by atoms with Crippen LogP contribution < -0.4 is 5.32 Å². The average molecular weight is 300 g/mol. The van der Waals surface area contributed by atoms with Crippen LogP contribution in [0.25, 0.3) is 0 Å². The number of pyridine rings is 1. The van der Waals surface area contributed by atoms with Crippen molar-refractivity contribution in [2.24, 2.45) is 5.41 Å². The van der Waals surface area contributed by atoms with E-state index in [4.69, 9.17) is 0 Å². The third kappa shape index (κ3) is 3.36. The molecular weight excluding hydrogens is 283 g/mol. The maximum atomic E-state index is 13.8. The molecular formula is C17H17FN2O2. The highest BCUT2D eigenvalue weighted by Crippen LogP contribution is 2.22. The Bertz CT molecular complexity index is 721. The first-order chi connectivity index (χ1) is 10.3. The number of amides is 1. The maximum Gasteiger partial charge on any atom is 0.229 e. The Kier molecular flexibility index (Phi) is 4.35. The highest BCUT2D eigenvalue weighted by atomic mass is 19.1. The molecule has 114 valence electrons. The van der Waals surface area contributed by atoms with Crippen LogP contribution in [0.15, 0.2) is 42.7 Å². The van der Waals surface area contributed by atoms with Gasteiger partial charge < -0.3 is 5.32 Å². The second-order valence-electron chi connectivity index (χ2n) is 5.93. The molecule has 0 spiro atoms. The summed E-state index contributed by atoms with van der Waals surface area (Å²) in [5.41, 5.74) is -0.183. The van der Waals surface area contributed by atoms with Crippen LogP contribution >= 0.6 is 0 Å². The Balaban J connectivity index is 2.39. The number of nitrogens with one attached hydrogen (secondary N) is 1. The van der Waals surface area contributed by atoms with Gasteiger partial charge in [0.15, 0.2) is 5.78 Å². The van der Waals surface area contributed by atoms with Crippen molar-refractivity contribution in [3.8, 4) is 0 Å². The number of anilines is 1. The van der Waals surface area contributed by atoms with E-state index in [0.717, 1.165) is 0 Å². The Morgan fingerprint density at radius 3 is 2.41 bits per heavy atom.